The average molecular weight is 277 g/mol. The van der Waals surface area contributed by atoms with Gasteiger partial charge in [0.25, 0.3) is 10.0 Å². The van der Waals surface area contributed by atoms with Gasteiger partial charge in [0.15, 0.2) is 0 Å². The van der Waals surface area contributed by atoms with Gasteiger partial charge < -0.3 is 5.32 Å². The number of nitrogens with one attached hydrogen (secondary N) is 2. The molecule has 5 nitrogen and oxygen atoms in total. The van der Waals surface area contributed by atoms with E-state index in [0.29, 0.717) is 11.4 Å². The van der Waals surface area contributed by atoms with E-state index in [2.05, 4.69) is 15.0 Å². The Morgan fingerprint density at radius 2 is 1.79 bits per heavy atom. The number of pyridine rings is 1. The van der Waals surface area contributed by atoms with Gasteiger partial charge in [-0.3, -0.25) is 9.71 Å². The fourth-order valence-electron chi connectivity index (χ4n) is 1.63. The lowest BCUT2D eigenvalue weighted by molar-refractivity contribution is 0.601. The number of benzene rings is 1. The highest BCUT2D eigenvalue weighted by atomic mass is 32.2. The number of hydrogen-bond donors (Lipinski definition) is 2. The SMILES string of the molecule is CNc1ccncc1S(=O)(=O)Nc1ccc(C)cc1. The van der Waals surface area contributed by atoms with Crippen molar-refractivity contribution in [2.24, 2.45) is 0 Å². The summed E-state index contributed by atoms with van der Waals surface area (Å²) in [5.74, 6) is 0. The first kappa shape index (κ1) is 13.4. The molecule has 0 atom stereocenters. The summed E-state index contributed by atoms with van der Waals surface area (Å²) in [6.45, 7) is 1.94. The molecule has 2 rings (SSSR count). The lowest BCUT2D eigenvalue weighted by Gasteiger charge is -2.11. The molecule has 0 aliphatic rings. The van der Waals surface area contributed by atoms with Crippen LogP contribution in [0.1, 0.15) is 5.56 Å². The maximum Gasteiger partial charge on any atom is 0.265 e. The van der Waals surface area contributed by atoms with Crippen LogP contribution in [0.2, 0.25) is 0 Å². The van der Waals surface area contributed by atoms with Crippen LogP contribution in [0.4, 0.5) is 11.4 Å². The minimum absolute atomic E-state index is 0.123. The Morgan fingerprint density at radius 1 is 1.11 bits per heavy atom. The molecular formula is C13H15N3O2S. The maximum atomic E-state index is 12.3. The molecule has 100 valence electrons. The second-order valence-electron chi connectivity index (χ2n) is 4.09. The largest absolute Gasteiger partial charge is 0.387 e. The van der Waals surface area contributed by atoms with Crippen LogP contribution in [-0.4, -0.2) is 20.4 Å². The zero-order valence-electron chi connectivity index (χ0n) is 10.7. The molecule has 0 aliphatic heterocycles. The third-order valence-corrected chi connectivity index (χ3v) is 4.06. The molecule has 0 amide bonds. The summed E-state index contributed by atoms with van der Waals surface area (Å²) in [7, 11) is -1.98. The zero-order valence-corrected chi connectivity index (χ0v) is 11.5. The van der Waals surface area contributed by atoms with Crippen molar-refractivity contribution in [3.63, 3.8) is 0 Å². The van der Waals surface area contributed by atoms with Crippen LogP contribution in [-0.2, 0) is 10.0 Å². The fraction of sp³-hybridized carbons (Fsp3) is 0.154. The fourth-order valence-corrected chi connectivity index (χ4v) is 2.85. The molecule has 19 heavy (non-hydrogen) atoms. The summed E-state index contributed by atoms with van der Waals surface area (Å²) >= 11 is 0. The molecule has 2 N–H and O–H groups in total. The van der Waals surface area contributed by atoms with E-state index in [1.807, 2.05) is 19.1 Å². The monoisotopic (exact) mass is 277 g/mol. The van der Waals surface area contributed by atoms with Gasteiger partial charge in [0.2, 0.25) is 0 Å². The minimum atomic E-state index is -3.64. The molecule has 0 spiro atoms. The zero-order chi connectivity index (χ0) is 13.9. The Hall–Kier alpha value is -2.08. The normalized spacial score (nSPS) is 11.1. The third-order valence-electron chi connectivity index (χ3n) is 2.65. The Labute approximate surface area is 112 Å². The summed E-state index contributed by atoms with van der Waals surface area (Å²) < 4.78 is 27.1. The first-order valence-corrected chi connectivity index (χ1v) is 7.22. The molecule has 0 fully saturated rings. The predicted molar refractivity (Wildman–Crippen MR) is 75.8 cm³/mol. The van der Waals surface area contributed by atoms with Gasteiger partial charge in [-0.25, -0.2) is 8.42 Å². The number of aromatic nitrogens is 1. The molecule has 1 aromatic heterocycles. The van der Waals surface area contributed by atoms with Gasteiger partial charge in [-0.1, -0.05) is 17.7 Å². The van der Waals surface area contributed by atoms with Gasteiger partial charge in [-0.2, -0.15) is 0 Å². The van der Waals surface area contributed by atoms with Crippen molar-refractivity contribution in [3.05, 3.63) is 48.3 Å². The van der Waals surface area contributed by atoms with Crippen molar-refractivity contribution in [3.8, 4) is 0 Å². The van der Waals surface area contributed by atoms with Crippen LogP contribution >= 0.6 is 0 Å². The molecule has 0 aliphatic carbocycles. The lowest BCUT2D eigenvalue weighted by Crippen LogP contribution is -2.15. The van der Waals surface area contributed by atoms with Gasteiger partial charge in [0, 0.05) is 25.1 Å². The third kappa shape index (κ3) is 3.03. The van der Waals surface area contributed by atoms with E-state index in [1.165, 1.54) is 12.4 Å². The minimum Gasteiger partial charge on any atom is -0.387 e. The highest BCUT2D eigenvalue weighted by Crippen LogP contribution is 2.22. The molecule has 0 unspecified atom stereocenters. The van der Waals surface area contributed by atoms with Gasteiger partial charge in [0.1, 0.15) is 4.90 Å². The molecule has 2 aromatic rings. The molecular weight excluding hydrogens is 262 g/mol. The van der Waals surface area contributed by atoms with Crippen LogP contribution in [0.5, 0.6) is 0 Å². The smallest absolute Gasteiger partial charge is 0.265 e. The number of sulfonamides is 1. The van der Waals surface area contributed by atoms with Crippen LogP contribution in [0, 0.1) is 6.92 Å². The van der Waals surface area contributed by atoms with Gasteiger partial charge >= 0.3 is 0 Å². The van der Waals surface area contributed by atoms with Crippen LogP contribution in [0.3, 0.4) is 0 Å². The number of nitrogens with zero attached hydrogens (tertiary/aromatic N) is 1. The number of anilines is 2. The van der Waals surface area contributed by atoms with Crippen molar-refractivity contribution in [2.45, 2.75) is 11.8 Å². The Balaban J connectivity index is 2.35. The average Bonchev–Trinajstić information content (AvgIpc) is 2.41. The molecule has 6 heteroatoms. The molecule has 0 radical (unpaired) electrons. The number of aryl methyl sites for hydroxylation is 1. The predicted octanol–water partition coefficient (Wildman–Crippen LogP) is 2.23. The first-order chi connectivity index (χ1) is 9.03. The number of hydrogen-bond acceptors (Lipinski definition) is 4. The van der Waals surface area contributed by atoms with Crippen molar-refractivity contribution in [2.75, 3.05) is 17.1 Å². The Morgan fingerprint density at radius 3 is 2.42 bits per heavy atom. The van der Waals surface area contributed by atoms with Gasteiger partial charge in [-0.15, -0.1) is 0 Å². The first-order valence-electron chi connectivity index (χ1n) is 5.74. The second kappa shape index (κ2) is 5.27. The maximum absolute atomic E-state index is 12.3. The highest BCUT2D eigenvalue weighted by molar-refractivity contribution is 7.92. The van der Waals surface area contributed by atoms with E-state index >= 15 is 0 Å². The molecule has 1 aromatic carbocycles. The second-order valence-corrected chi connectivity index (χ2v) is 5.74. The summed E-state index contributed by atoms with van der Waals surface area (Å²) in [6.07, 6.45) is 2.86. The summed E-state index contributed by atoms with van der Waals surface area (Å²) in [6, 6.07) is 8.76. The van der Waals surface area contributed by atoms with Gasteiger partial charge in [-0.05, 0) is 25.1 Å². The van der Waals surface area contributed by atoms with E-state index in [0.717, 1.165) is 5.56 Å². The summed E-state index contributed by atoms with van der Waals surface area (Å²) in [5, 5.41) is 2.84. The van der Waals surface area contributed by atoms with Crippen LogP contribution < -0.4 is 10.0 Å². The molecule has 0 saturated heterocycles. The van der Waals surface area contributed by atoms with E-state index in [9.17, 15) is 8.42 Å². The molecule has 0 bridgehead atoms. The van der Waals surface area contributed by atoms with E-state index in [4.69, 9.17) is 0 Å². The summed E-state index contributed by atoms with van der Waals surface area (Å²) in [5.41, 5.74) is 2.10. The highest BCUT2D eigenvalue weighted by Gasteiger charge is 2.18. The van der Waals surface area contributed by atoms with Crippen molar-refractivity contribution < 1.29 is 8.42 Å². The molecule has 0 saturated carbocycles. The topological polar surface area (TPSA) is 71.1 Å². The van der Waals surface area contributed by atoms with Crippen molar-refractivity contribution in [1.82, 2.24) is 4.98 Å². The van der Waals surface area contributed by atoms with E-state index in [-0.39, 0.29) is 4.90 Å². The lowest BCUT2D eigenvalue weighted by atomic mass is 10.2. The number of rotatable bonds is 4. The quantitative estimate of drug-likeness (QED) is 0.899. The van der Waals surface area contributed by atoms with Crippen LogP contribution in [0.15, 0.2) is 47.6 Å². The van der Waals surface area contributed by atoms with Crippen LogP contribution in [0.25, 0.3) is 0 Å². The summed E-state index contributed by atoms with van der Waals surface area (Å²) in [4.78, 5) is 3.98. The van der Waals surface area contributed by atoms with Crippen molar-refractivity contribution >= 4 is 21.4 Å². The van der Waals surface area contributed by atoms with Crippen molar-refractivity contribution in [1.29, 1.82) is 0 Å². The van der Waals surface area contributed by atoms with E-state index < -0.39 is 10.0 Å². The van der Waals surface area contributed by atoms with Gasteiger partial charge in [0.05, 0.1) is 5.69 Å². The Bertz CT molecular complexity index is 667. The standard InChI is InChI=1S/C13H15N3O2S/c1-10-3-5-11(6-4-10)16-19(17,18)13-9-15-8-7-12(13)14-2/h3-9,16H,1-2H3,(H,14,15). The Kier molecular flexibility index (Phi) is 3.71. The molecule has 1 heterocycles. The van der Waals surface area contributed by atoms with E-state index in [1.54, 1.807) is 25.2 Å².